The third-order valence-corrected chi connectivity index (χ3v) is 3.15. The van der Waals surface area contributed by atoms with E-state index < -0.39 is 0 Å². The summed E-state index contributed by atoms with van der Waals surface area (Å²) in [5.74, 6) is 0. The summed E-state index contributed by atoms with van der Waals surface area (Å²) in [5.41, 5.74) is 1.09. The molecule has 0 amide bonds. The maximum absolute atomic E-state index is 10.5. The summed E-state index contributed by atoms with van der Waals surface area (Å²) in [6.45, 7) is 1.51. The fraction of sp³-hybridized carbons (Fsp3) is 0.0909. The Hall–Kier alpha value is -1.68. The Morgan fingerprint density at radius 1 is 1.47 bits per heavy atom. The fourth-order valence-electron chi connectivity index (χ4n) is 1.39. The first kappa shape index (κ1) is 9.86. The molecule has 0 aliphatic rings. The monoisotopic (exact) mass is 219 g/mol. The first-order chi connectivity index (χ1) is 7.18. The molecule has 0 spiro atoms. The molecule has 1 aromatic carbocycles. The number of rotatable bonds is 2. The lowest BCUT2D eigenvalue weighted by molar-refractivity contribution is -0.422. The van der Waals surface area contributed by atoms with Crippen LogP contribution in [0.3, 0.4) is 0 Å². The Morgan fingerprint density at radius 2 is 2.20 bits per heavy atom. The molecule has 0 saturated heterocycles. The summed E-state index contributed by atoms with van der Waals surface area (Å²) >= 11 is 1.60. The van der Waals surface area contributed by atoms with Gasteiger partial charge in [-0.25, -0.2) is 0 Å². The first-order valence-corrected chi connectivity index (χ1v) is 5.35. The first-order valence-electron chi connectivity index (χ1n) is 4.47. The van der Waals surface area contributed by atoms with E-state index in [4.69, 9.17) is 0 Å². The van der Waals surface area contributed by atoms with Crippen LogP contribution >= 0.6 is 11.3 Å². The van der Waals surface area contributed by atoms with Crippen LogP contribution in [0.1, 0.15) is 12.5 Å². The molecule has 4 heteroatoms. The highest BCUT2D eigenvalue weighted by molar-refractivity contribution is 7.17. The molecule has 1 heterocycles. The second-order valence-corrected chi connectivity index (χ2v) is 4.14. The van der Waals surface area contributed by atoms with Crippen molar-refractivity contribution in [2.24, 2.45) is 0 Å². The highest BCUT2D eigenvalue weighted by atomic mass is 32.1. The lowest BCUT2D eigenvalue weighted by atomic mass is 10.1. The molecule has 0 fully saturated rings. The number of nitrogens with zero attached hydrogens (tertiary/aromatic N) is 1. The Balaban J connectivity index is 2.54. The number of benzene rings is 1. The quantitative estimate of drug-likeness (QED) is 0.572. The van der Waals surface area contributed by atoms with Crippen LogP contribution in [0, 0.1) is 10.1 Å². The van der Waals surface area contributed by atoms with Crippen molar-refractivity contribution < 1.29 is 4.92 Å². The molecular formula is C11H9NO2S. The highest BCUT2D eigenvalue weighted by Crippen LogP contribution is 2.27. The number of nitro groups is 1. The number of thiophene rings is 1. The van der Waals surface area contributed by atoms with Gasteiger partial charge in [-0.15, -0.1) is 11.3 Å². The minimum Gasteiger partial charge on any atom is -0.259 e. The van der Waals surface area contributed by atoms with E-state index in [-0.39, 0.29) is 10.6 Å². The average Bonchev–Trinajstić information content (AvgIpc) is 2.62. The number of hydrogen-bond acceptors (Lipinski definition) is 3. The van der Waals surface area contributed by atoms with Crippen molar-refractivity contribution >= 4 is 27.5 Å². The van der Waals surface area contributed by atoms with Gasteiger partial charge in [-0.3, -0.25) is 10.1 Å². The largest absolute Gasteiger partial charge is 0.259 e. The van der Waals surface area contributed by atoms with Gasteiger partial charge in [0.2, 0.25) is 5.70 Å². The van der Waals surface area contributed by atoms with E-state index in [1.165, 1.54) is 6.92 Å². The van der Waals surface area contributed by atoms with Crippen molar-refractivity contribution in [3.05, 3.63) is 51.0 Å². The molecule has 2 rings (SSSR count). The average molecular weight is 219 g/mol. The fourth-order valence-corrected chi connectivity index (χ4v) is 2.31. The molecular weight excluding hydrogens is 210 g/mol. The Morgan fingerprint density at radius 3 is 2.93 bits per heavy atom. The molecule has 3 nitrogen and oxygen atoms in total. The van der Waals surface area contributed by atoms with E-state index >= 15 is 0 Å². The number of hydrogen-bond donors (Lipinski definition) is 0. The summed E-state index contributed by atoms with van der Waals surface area (Å²) in [5, 5.41) is 13.5. The van der Waals surface area contributed by atoms with Crippen molar-refractivity contribution in [2.45, 2.75) is 6.92 Å². The zero-order valence-electron chi connectivity index (χ0n) is 8.14. The minimum atomic E-state index is -0.369. The van der Waals surface area contributed by atoms with Crippen LogP contribution in [-0.2, 0) is 0 Å². The second-order valence-electron chi connectivity index (χ2n) is 3.23. The SMILES string of the molecule is CC(=Cc1csc2ccccc12)[N+](=O)[O-]. The molecule has 2 aromatic rings. The molecule has 0 radical (unpaired) electrons. The van der Waals surface area contributed by atoms with Gasteiger partial charge >= 0.3 is 0 Å². The van der Waals surface area contributed by atoms with Gasteiger partial charge in [0.15, 0.2) is 0 Å². The number of allylic oxidation sites excluding steroid dienone is 1. The zero-order chi connectivity index (χ0) is 10.8. The van der Waals surface area contributed by atoms with Crippen molar-refractivity contribution in [1.82, 2.24) is 0 Å². The van der Waals surface area contributed by atoms with Crippen LogP contribution in [0.5, 0.6) is 0 Å². The molecule has 0 aliphatic carbocycles. The Labute approximate surface area is 90.8 Å². The van der Waals surface area contributed by atoms with Gasteiger partial charge in [-0.1, -0.05) is 18.2 Å². The summed E-state index contributed by atoms with van der Waals surface area (Å²) in [7, 11) is 0. The maximum atomic E-state index is 10.5. The van der Waals surface area contributed by atoms with Gasteiger partial charge < -0.3 is 0 Å². The minimum absolute atomic E-state index is 0.165. The van der Waals surface area contributed by atoms with Crippen LogP contribution in [0.4, 0.5) is 0 Å². The third kappa shape index (κ3) is 1.89. The van der Waals surface area contributed by atoms with Gasteiger partial charge in [-0.05, 0) is 22.4 Å². The molecule has 0 atom stereocenters. The smallest absolute Gasteiger partial charge is 0.243 e. The molecule has 0 aliphatic heterocycles. The second kappa shape index (κ2) is 3.82. The maximum Gasteiger partial charge on any atom is 0.243 e. The lowest BCUT2D eigenvalue weighted by Gasteiger charge is -1.91. The van der Waals surface area contributed by atoms with Gasteiger partial charge in [0.05, 0.1) is 4.92 Å². The van der Waals surface area contributed by atoms with E-state index in [0.29, 0.717) is 0 Å². The predicted molar refractivity (Wildman–Crippen MR) is 62.5 cm³/mol. The lowest BCUT2D eigenvalue weighted by Crippen LogP contribution is -1.92. The van der Waals surface area contributed by atoms with E-state index in [9.17, 15) is 10.1 Å². The topological polar surface area (TPSA) is 43.1 Å². The van der Waals surface area contributed by atoms with Crippen LogP contribution in [0.2, 0.25) is 0 Å². The molecule has 0 unspecified atom stereocenters. The molecule has 15 heavy (non-hydrogen) atoms. The summed E-state index contributed by atoms with van der Waals surface area (Å²) in [4.78, 5) is 10.1. The molecule has 1 aromatic heterocycles. The van der Waals surface area contributed by atoms with E-state index in [1.807, 2.05) is 29.6 Å². The van der Waals surface area contributed by atoms with E-state index in [2.05, 4.69) is 0 Å². The van der Waals surface area contributed by atoms with Crippen LogP contribution in [0.25, 0.3) is 16.2 Å². The van der Waals surface area contributed by atoms with Crippen LogP contribution in [0.15, 0.2) is 35.3 Å². The van der Waals surface area contributed by atoms with Gasteiger partial charge in [-0.2, -0.15) is 0 Å². The van der Waals surface area contributed by atoms with Crippen molar-refractivity contribution in [3.63, 3.8) is 0 Å². The molecule has 76 valence electrons. The normalized spacial score (nSPS) is 11.9. The summed E-state index contributed by atoms with van der Waals surface area (Å²) in [6, 6.07) is 7.89. The van der Waals surface area contributed by atoms with Gasteiger partial charge in [0.1, 0.15) is 0 Å². The molecule has 0 N–H and O–H groups in total. The van der Waals surface area contributed by atoms with Gasteiger partial charge in [0.25, 0.3) is 0 Å². The van der Waals surface area contributed by atoms with Crippen molar-refractivity contribution in [2.75, 3.05) is 0 Å². The van der Waals surface area contributed by atoms with Gasteiger partial charge in [0, 0.05) is 17.7 Å². The standard InChI is InChI=1S/C11H9NO2S/c1-8(12(13)14)6-9-7-15-11-5-3-2-4-10(9)11/h2-7H,1H3. The molecule has 0 bridgehead atoms. The van der Waals surface area contributed by atoms with E-state index in [1.54, 1.807) is 17.4 Å². The van der Waals surface area contributed by atoms with Crippen LogP contribution < -0.4 is 0 Å². The van der Waals surface area contributed by atoms with Crippen molar-refractivity contribution in [3.8, 4) is 0 Å². The third-order valence-electron chi connectivity index (χ3n) is 2.16. The highest BCUT2D eigenvalue weighted by Gasteiger charge is 2.06. The van der Waals surface area contributed by atoms with Crippen molar-refractivity contribution in [1.29, 1.82) is 0 Å². The number of fused-ring (bicyclic) bond motifs is 1. The van der Waals surface area contributed by atoms with Crippen LogP contribution in [-0.4, -0.2) is 4.92 Å². The Kier molecular flexibility index (Phi) is 2.51. The summed E-state index contributed by atoms with van der Waals surface area (Å²) in [6.07, 6.45) is 1.61. The Bertz CT molecular complexity index is 542. The summed E-state index contributed by atoms with van der Waals surface area (Å²) < 4.78 is 1.15. The predicted octanol–water partition coefficient (Wildman–Crippen LogP) is 3.54. The van der Waals surface area contributed by atoms with E-state index in [0.717, 1.165) is 15.6 Å². The zero-order valence-corrected chi connectivity index (χ0v) is 8.95. The molecule has 0 saturated carbocycles.